The number of carbonyl (C=O) groups excluding carboxylic acids is 2. The second kappa shape index (κ2) is 40.1. The van der Waals surface area contributed by atoms with Crippen molar-refractivity contribution in [2.24, 2.45) is 0 Å². The zero-order valence-corrected chi connectivity index (χ0v) is 37.9. The fourth-order valence-electron chi connectivity index (χ4n) is 7.51. The second-order valence-corrected chi connectivity index (χ2v) is 17.7. The van der Waals surface area contributed by atoms with E-state index in [0.29, 0.717) is 19.3 Å². The van der Waals surface area contributed by atoms with Crippen molar-refractivity contribution >= 4 is 17.9 Å². The Morgan fingerprint density at radius 2 is 0.786 bits per heavy atom. The third-order valence-electron chi connectivity index (χ3n) is 11.3. The van der Waals surface area contributed by atoms with Crippen molar-refractivity contribution in [1.82, 2.24) is 0 Å². The molecule has 0 aromatic rings. The molecule has 8 nitrogen and oxygen atoms in total. The molecule has 0 aliphatic heterocycles. The molecule has 332 valence electrons. The predicted octanol–water partition coefficient (Wildman–Crippen LogP) is 13.3. The number of carbonyl (C=O) groups is 3. The Morgan fingerprint density at radius 3 is 1.11 bits per heavy atom. The van der Waals surface area contributed by atoms with Crippen LogP contribution in [0.25, 0.3) is 0 Å². The Bertz CT molecular complexity index is 889. The van der Waals surface area contributed by atoms with Gasteiger partial charge in [0.25, 0.3) is 0 Å². The molecule has 0 bridgehead atoms. The quantitative estimate of drug-likeness (QED) is 0.0372. The summed E-state index contributed by atoms with van der Waals surface area (Å²) in [7, 11) is 5.54. The summed E-state index contributed by atoms with van der Waals surface area (Å²) >= 11 is 0. The van der Waals surface area contributed by atoms with Crippen LogP contribution in [0.1, 0.15) is 239 Å². The number of esters is 2. The van der Waals surface area contributed by atoms with E-state index in [-0.39, 0.29) is 36.2 Å². The van der Waals surface area contributed by atoms with E-state index in [4.69, 9.17) is 14.2 Å². The van der Waals surface area contributed by atoms with E-state index in [0.717, 1.165) is 38.5 Å². The summed E-state index contributed by atoms with van der Waals surface area (Å²) in [4.78, 5) is 37.0. The maximum atomic E-state index is 12.8. The predicted molar refractivity (Wildman–Crippen MR) is 234 cm³/mol. The van der Waals surface area contributed by atoms with Crippen molar-refractivity contribution in [3.8, 4) is 0 Å². The molecule has 0 fully saturated rings. The number of hydrogen-bond donors (Lipinski definition) is 1. The van der Waals surface area contributed by atoms with E-state index in [2.05, 4.69) is 13.8 Å². The summed E-state index contributed by atoms with van der Waals surface area (Å²) in [5.74, 6) is -1.44. The lowest BCUT2D eigenvalue weighted by Crippen LogP contribution is -2.50. The number of carboxylic acids is 1. The van der Waals surface area contributed by atoms with Gasteiger partial charge < -0.3 is 23.8 Å². The zero-order chi connectivity index (χ0) is 41.4. The van der Waals surface area contributed by atoms with E-state index < -0.39 is 18.1 Å². The fraction of sp³-hybridized carbons (Fsp3) is 0.938. The Morgan fingerprint density at radius 1 is 0.464 bits per heavy atom. The number of quaternary nitrogens is 1. The summed E-state index contributed by atoms with van der Waals surface area (Å²) in [5, 5.41) is 9.63. The van der Waals surface area contributed by atoms with Crippen LogP contribution in [0.3, 0.4) is 0 Å². The number of aliphatic carboxylic acids is 1. The maximum absolute atomic E-state index is 12.8. The minimum Gasteiger partial charge on any atom is -0.477 e. The lowest BCUT2D eigenvalue weighted by atomic mass is 10.0. The molecule has 0 amide bonds. The van der Waals surface area contributed by atoms with E-state index in [1.807, 2.05) is 21.1 Å². The summed E-state index contributed by atoms with van der Waals surface area (Å²) in [6, 6.07) is -0.608. The van der Waals surface area contributed by atoms with Crippen molar-refractivity contribution in [3.63, 3.8) is 0 Å². The molecule has 2 unspecified atom stereocenters. The van der Waals surface area contributed by atoms with Gasteiger partial charge in [-0.05, 0) is 12.8 Å². The number of rotatable bonds is 44. The third-order valence-corrected chi connectivity index (χ3v) is 11.3. The van der Waals surface area contributed by atoms with Crippen molar-refractivity contribution in [2.75, 3.05) is 41.0 Å². The SMILES string of the molecule is CCCCCCCCCCCCCCCCCCCCCCC(=O)OC(COCCC(C(=O)O)[N+](C)(C)C)COC(=O)CCCCCCCCCCCCCC. The number of carboxylic acid groups (broad SMARTS) is 1. The minimum absolute atomic E-state index is 0.0419. The molecule has 0 aliphatic rings. The van der Waals surface area contributed by atoms with Crippen LogP contribution in [-0.2, 0) is 28.6 Å². The zero-order valence-electron chi connectivity index (χ0n) is 37.9. The van der Waals surface area contributed by atoms with E-state index >= 15 is 0 Å². The van der Waals surface area contributed by atoms with Crippen molar-refractivity contribution in [2.45, 2.75) is 251 Å². The molecule has 0 aliphatic carbocycles. The molecule has 2 atom stereocenters. The summed E-state index contributed by atoms with van der Waals surface area (Å²) in [6.45, 7) is 4.78. The van der Waals surface area contributed by atoms with Gasteiger partial charge in [-0.1, -0.05) is 206 Å². The first-order valence-electron chi connectivity index (χ1n) is 24.1. The van der Waals surface area contributed by atoms with Gasteiger partial charge >= 0.3 is 17.9 Å². The maximum Gasteiger partial charge on any atom is 0.362 e. The minimum atomic E-state index is -0.870. The standard InChI is InChI=1S/C48H93NO7/c1-6-8-10-12-14-16-18-20-21-22-23-24-25-26-27-29-31-33-35-37-39-47(51)56-44(42-54-41-40-45(48(52)53)49(3,4)5)43-55-46(50)38-36-34-32-30-28-19-17-15-13-11-9-7-2/h44-45H,6-43H2,1-5H3/p+1. The van der Waals surface area contributed by atoms with Crippen molar-refractivity contribution in [3.05, 3.63) is 0 Å². The van der Waals surface area contributed by atoms with Crippen LogP contribution < -0.4 is 0 Å². The molecule has 0 radical (unpaired) electrons. The Kier molecular flexibility index (Phi) is 38.9. The molecule has 0 saturated carbocycles. The number of likely N-dealkylation sites (N-methyl/N-ethyl adjacent to an activating group) is 1. The molecule has 0 aromatic heterocycles. The number of nitrogens with zero attached hydrogens (tertiary/aromatic N) is 1. The lowest BCUT2D eigenvalue weighted by Gasteiger charge is -2.31. The lowest BCUT2D eigenvalue weighted by molar-refractivity contribution is -0.887. The van der Waals surface area contributed by atoms with Gasteiger partial charge in [-0.2, -0.15) is 0 Å². The van der Waals surface area contributed by atoms with Crippen molar-refractivity contribution < 1.29 is 38.2 Å². The largest absolute Gasteiger partial charge is 0.477 e. The average Bonchev–Trinajstić information content (AvgIpc) is 3.15. The van der Waals surface area contributed by atoms with Gasteiger partial charge in [-0.25, -0.2) is 4.79 Å². The van der Waals surface area contributed by atoms with Gasteiger partial charge in [0.1, 0.15) is 6.61 Å². The molecule has 0 rings (SSSR count). The Balaban J connectivity index is 4.20. The topological polar surface area (TPSA) is 99.1 Å². The van der Waals surface area contributed by atoms with E-state index in [1.165, 1.54) is 167 Å². The molecular formula is C48H94NO7+. The monoisotopic (exact) mass is 797 g/mol. The fourth-order valence-corrected chi connectivity index (χ4v) is 7.51. The molecule has 0 saturated heterocycles. The van der Waals surface area contributed by atoms with Crippen molar-refractivity contribution in [1.29, 1.82) is 0 Å². The Hall–Kier alpha value is -1.67. The second-order valence-electron chi connectivity index (χ2n) is 17.7. The first kappa shape index (κ1) is 54.3. The number of ether oxygens (including phenoxy) is 3. The van der Waals surface area contributed by atoms with Crippen LogP contribution in [0.5, 0.6) is 0 Å². The normalized spacial score (nSPS) is 12.8. The van der Waals surface area contributed by atoms with Crippen LogP contribution in [0.15, 0.2) is 0 Å². The van der Waals surface area contributed by atoms with Crippen LogP contribution in [-0.4, -0.2) is 80.6 Å². The first-order chi connectivity index (χ1) is 27.1. The molecule has 0 aromatic carbocycles. The molecule has 0 heterocycles. The molecule has 56 heavy (non-hydrogen) atoms. The highest BCUT2D eigenvalue weighted by atomic mass is 16.6. The smallest absolute Gasteiger partial charge is 0.362 e. The van der Waals surface area contributed by atoms with Gasteiger partial charge in [-0.3, -0.25) is 9.59 Å². The molecule has 8 heteroatoms. The molecular weight excluding hydrogens is 703 g/mol. The molecule has 0 spiro atoms. The Labute approximate surface area is 346 Å². The van der Waals surface area contributed by atoms with Gasteiger partial charge in [0.15, 0.2) is 12.1 Å². The highest BCUT2D eigenvalue weighted by Crippen LogP contribution is 2.17. The highest BCUT2D eigenvalue weighted by Gasteiger charge is 2.31. The number of hydrogen-bond acceptors (Lipinski definition) is 6. The van der Waals surface area contributed by atoms with Gasteiger partial charge in [0.2, 0.25) is 0 Å². The summed E-state index contributed by atoms with van der Waals surface area (Å²) in [5.41, 5.74) is 0. The van der Waals surface area contributed by atoms with Gasteiger partial charge in [-0.15, -0.1) is 0 Å². The van der Waals surface area contributed by atoms with Crippen LogP contribution >= 0.6 is 0 Å². The highest BCUT2D eigenvalue weighted by molar-refractivity contribution is 5.72. The van der Waals surface area contributed by atoms with E-state index in [1.54, 1.807) is 0 Å². The summed E-state index contributed by atoms with van der Waals surface area (Å²) < 4.78 is 17.3. The van der Waals surface area contributed by atoms with Gasteiger partial charge in [0, 0.05) is 19.3 Å². The van der Waals surface area contributed by atoms with Gasteiger partial charge in [0.05, 0.1) is 34.4 Å². The van der Waals surface area contributed by atoms with Crippen LogP contribution in [0.4, 0.5) is 0 Å². The first-order valence-corrected chi connectivity index (χ1v) is 24.1. The van der Waals surface area contributed by atoms with Crippen LogP contribution in [0, 0.1) is 0 Å². The molecule has 1 N–H and O–H groups in total. The number of unbranched alkanes of at least 4 members (excludes halogenated alkanes) is 30. The average molecular weight is 797 g/mol. The van der Waals surface area contributed by atoms with E-state index in [9.17, 15) is 19.5 Å². The van der Waals surface area contributed by atoms with Crippen LogP contribution in [0.2, 0.25) is 0 Å². The summed E-state index contributed by atoms with van der Waals surface area (Å²) in [6.07, 6.45) is 41.4. The third kappa shape index (κ3) is 37.9.